The summed E-state index contributed by atoms with van der Waals surface area (Å²) in [6.45, 7) is 3.10. The minimum Gasteiger partial charge on any atom is -0.430 e. The lowest BCUT2D eigenvalue weighted by Gasteiger charge is -2.05. The van der Waals surface area contributed by atoms with Gasteiger partial charge in [0.05, 0.1) is 12.2 Å². The third kappa shape index (κ3) is 22.9. The second-order valence-electron chi connectivity index (χ2n) is 1.99. The van der Waals surface area contributed by atoms with Crippen LogP contribution in [0.4, 0.5) is 0 Å². The molecule has 0 aromatic carbocycles. The summed E-state index contributed by atoms with van der Waals surface area (Å²) in [6, 6.07) is 0. The van der Waals surface area contributed by atoms with Crippen molar-refractivity contribution in [3.63, 3.8) is 0 Å². The fraction of sp³-hybridized carbons (Fsp3) is 0.667. The predicted molar refractivity (Wildman–Crippen MR) is 75.3 cm³/mol. The van der Waals surface area contributed by atoms with Crippen molar-refractivity contribution in [2.24, 2.45) is 0 Å². The fourth-order valence-corrected chi connectivity index (χ4v) is 0. The van der Waals surface area contributed by atoms with Crippen molar-refractivity contribution in [2.45, 2.75) is 26.1 Å². The molecule has 88 valence electrons. The van der Waals surface area contributed by atoms with E-state index in [1.807, 2.05) is 0 Å². The Kier molecular flexibility index (Phi) is 23.0. The molecular formula is C6H18N2O2S4. The Labute approximate surface area is 106 Å². The van der Waals surface area contributed by atoms with E-state index >= 15 is 0 Å². The van der Waals surface area contributed by atoms with E-state index in [2.05, 4.69) is 49.7 Å². The lowest BCUT2D eigenvalue weighted by Crippen LogP contribution is -2.08. The molecule has 0 radical (unpaired) electrons. The van der Waals surface area contributed by atoms with Gasteiger partial charge in [0, 0.05) is 0 Å². The second kappa shape index (κ2) is 13.5. The molecular weight excluding hydrogens is 260 g/mol. The van der Waals surface area contributed by atoms with Crippen molar-refractivity contribution >= 4 is 58.1 Å². The third-order valence-corrected chi connectivity index (χ3v) is 2.05. The van der Waals surface area contributed by atoms with Crippen LogP contribution in [0.15, 0.2) is 0 Å². The first kappa shape index (κ1) is 23.9. The second-order valence-corrected chi connectivity index (χ2v) is 4.27. The van der Waals surface area contributed by atoms with Gasteiger partial charge >= 0.3 is 0 Å². The van der Waals surface area contributed by atoms with Crippen molar-refractivity contribution in [3.05, 3.63) is 0 Å². The molecule has 0 bridgehead atoms. The van der Waals surface area contributed by atoms with Gasteiger partial charge in [-0.15, -0.1) is 8.39 Å². The van der Waals surface area contributed by atoms with Gasteiger partial charge in [0.1, 0.15) is 0 Å². The number of hydrogen-bond donors (Lipinski definition) is 4. The van der Waals surface area contributed by atoms with Crippen LogP contribution in [0.3, 0.4) is 0 Å². The summed E-state index contributed by atoms with van der Waals surface area (Å²) < 4.78 is 0.463. The lowest BCUT2D eigenvalue weighted by molar-refractivity contribution is 0.267. The molecule has 0 aliphatic carbocycles. The van der Waals surface area contributed by atoms with Crippen molar-refractivity contribution in [2.75, 3.05) is 0 Å². The molecule has 14 heavy (non-hydrogen) atoms. The Hall–Kier alpha value is 0.460. The van der Waals surface area contributed by atoms with Crippen LogP contribution >= 0.6 is 24.4 Å². The standard InChI is InChI=1S/2C3H6OS2.2H3N/c2*1-2(4)3(5)6;;/h2*2,4H,1H3,(H,5,6);2*1H3. The Bertz CT molecular complexity index is 146. The Morgan fingerprint density at radius 2 is 1.00 bits per heavy atom. The van der Waals surface area contributed by atoms with Crippen LogP contribution in [0.2, 0.25) is 0 Å². The summed E-state index contributed by atoms with van der Waals surface area (Å²) in [7, 11) is 0. The zero-order chi connectivity index (χ0) is 10.3. The lowest BCUT2D eigenvalue weighted by atomic mass is 10.5. The van der Waals surface area contributed by atoms with Crippen LogP contribution < -0.4 is 12.3 Å². The molecule has 0 saturated carbocycles. The summed E-state index contributed by atoms with van der Waals surface area (Å²) in [6.07, 6.45) is -1.20. The molecule has 10 N–H and O–H groups in total. The van der Waals surface area contributed by atoms with Crippen LogP contribution in [0.25, 0.3) is 0 Å². The first-order chi connectivity index (χ1) is 5.29. The summed E-state index contributed by atoms with van der Waals surface area (Å²) in [4.78, 5) is 0. The highest BCUT2D eigenvalue weighted by molar-refractivity contribution is 8.01. The molecule has 0 aliphatic heterocycles. The SMILES string of the molecule is CC(O)C(=S)[S-].CC(O)C(=S)[S-].[NH4+].[NH4+]. The van der Waals surface area contributed by atoms with Gasteiger partial charge in [0.2, 0.25) is 0 Å². The van der Waals surface area contributed by atoms with Gasteiger partial charge in [-0.1, -0.05) is 0 Å². The van der Waals surface area contributed by atoms with Gasteiger partial charge in [-0.05, 0) is 13.8 Å². The highest BCUT2D eigenvalue weighted by Gasteiger charge is 1.83. The minimum absolute atomic E-state index is 0. The molecule has 0 spiro atoms. The van der Waals surface area contributed by atoms with Crippen molar-refractivity contribution in [1.29, 1.82) is 0 Å². The zero-order valence-corrected chi connectivity index (χ0v) is 11.9. The van der Waals surface area contributed by atoms with Crippen LogP contribution in [0, 0.1) is 0 Å². The number of quaternary nitrogens is 2. The van der Waals surface area contributed by atoms with E-state index in [4.69, 9.17) is 10.2 Å². The molecule has 0 amide bonds. The van der Waals surface area contributed by atoms with E-state index in [1.165, 1.54) is 0 Å². The van der Waals surface area contributed by atoms with Crippen LogP contribution in [0.5, 0.6) is 0 Å². The Morgan fingerprint density at radius 1 is 0.929 bits per heavy atom. The Balaban J connectivity index is -0.0000000625. The Morgan fingerprint density at radius 3 is 1.00 bits per heavy atom. The smallest absolute Gasteiger partial charge is 0.0583 e. The van der Waals surface area contributed by atoms with Crippen LogP contribution in [0.1, 0.15) is 13.8 Å². The van der Waals surface area contributed by atoms with Gasteiger partial charge in [0.15, 0.2) is 0 Å². The maximum Gasteiger partial charge on any atom is 0.0583 e. The normalized spacial score (nSPS) is 11.7. The highest BCUT2D eigenvalue weighted by atomic mass is 32.1. The van der Waals surface area contributed by atoms with Gasteiger partial charge in [0.25, 0.3) is 0 Å². The summed E-state index contributed by atoms with van der Waals surface area (Å²) in [5.74, 6) is 0. The molecule has 2 atom stereocenters. The summed E-state index contributed by atoms with van der Waals surface area (Å²) in [5, 5.41) is 16.8. The van der Waals surface area contributed by atoms with Crippen molar-refractivity contribution < 1.29 is 10.2 Å². The third-order valence-electron chi connectivity index (χ3n) is 0.682. The van der Waals surface area contributed by atoms with Crippen LogP contribution in [-0.2, 0) is 25.3 Å². The molecule has 0 heterocycles. The molecule has 0 fully saturated rings. The number of aliphatic hydroxyl groups is 2. The number of aliphatic hydroxyl groups excluding tert-OH is 2. The van der Waals surface area contributed by atoms with Gasteiger partial charge in [-0.3, -0.25) is 0 Å². The first-order valence-corrected chi connectivity index (χ1v) is 4.70. The van der Waals surface area contributed by atoms with Crippen molar-refractivity contribution in [3.8, 4) is 0 Å². The first-order valence-electron chi connectivity index (χ1n) is 3.06. The molecule has 0 aliphatic rings. The molecule has 0 aromatic rings. The average Bonchev–Trinajstić information content (AvgIpc) is 1.88. The average molecular weight is 278 g/mol. The van der Waals surface area contributed by atoms with E-state index in [0.717, 1.165) is 0 Å². The highest BCUT2D eigenvalue weighted by Crippen LogP contribution is 1.81. The molecule has 4 nitrogen and oxygen atoms in total. The zero-order valence-electron chi connectivity index (χ0n) is 8.68. The topological polar surface area (TPSA) is 113 Å². The predicted octanol–water partition coefficient (Wildman–Crippen LogP) is 1.24. The van der Waals surface area contributed by atoms with Gasteiger partial charge < -0.3 is 72.2 Å². The molecule has 0 aromatic heterocycles. The van der Waals surface area contributed by atoms with Gasteiger partial charge in [-0.2, -0.15) is 0 Å². The number of hydrogen-bond acceptors (Lipinski definition) is 6. The molecule has 0 saturated heterocycles. The maximum absolute atomic E-state index is 8.38. The fourth-order valence-electron chi connectivity index (χ4n) is 0. The van der Waals surface area contributed by atoms with E-state index < -0.39 is 12.2 Å². The quantitative estimate of drug-likeness (QED) is 0.446. The maximum atomic E-state index is 8.38. The largest absolute Gasteiger partial charge is 0.430 e. The van der Waals surface area contributed by atoms with Gasteiger partial charge in [-0.25, -0.2) is 0 Å². The van der Waals surface area contributed by atoms with E-state index in [1.54, 1.807) is 13.8 Å². The van der Waals surface area contributed by atoms with E-state index in [9.17, 15) is 0 Å². The van der Waals surface area contributed by atoms with Crippen molar-refractivity contribution in [1.82, 2.24) is 12.3 Å². The van der Waals surface area contributed by atoms with E-state index in [0.29, 0.717) is 0 Å². The molecule has 2 unspecified atom stereocenters. The molecule has 8 heteroatoms. The van der Waals surface area contributed by atoms with Crippen LogP contribution in [-0.4, -0.2) is 30.8 Å². The number of rotatable bonds is 2. The summed E-state index contributed by atoms with van der Waals surface area (Å²) >= 11 is 17.5. The number of thiocarbonyl (C=S) groups is 2. The summed E-state index contributed by atoms with van der Waals surface area (Å²) in [5.41, 5.74) is 0. The monoisotopic (exact) mass is 278 g/mol. The van der Waals surface area contributed by atoms with E-state index in [-0.39, 0.29) is 20.7 Å². The molecule has 0 rings (SSSR count). The minimum atomic E-state index is -0.602.